The van der Waals surface area contributed by atoms with Crippen molar-refractivity contribution in [3.8, 4) is 0 Å². The summed E-state index contributed by atoms with van der Waals surface area (Å²) in [7, 11) is 4.96. The highest BCUT2D eigenvalue weighted by atomic mass is 16.7. The number of nitrogens with zero attached hydrogens (tertiary/aromatic N) is 3. The van der Waals surface area contributed by atoms with Crippen molar-refractivity contribution in [2.24, 2.45) is 13.0 Å². The lowest BCUT2D eigenvalue weighted by Gasteiger charge is -2.43. The van der Waals surface area contributed by atoms with Crippen LogP contribution in [0, 0.1) is 5.92 Å². The van der Waals surface area contributed by atoms with Crippen LogP contribution < -0.4 is 15.9 Å². The average Bonchev–Trinajstić information content (AvgIpc) is 2.89. The van der Waals surface area contributed by atoms with Crippen LogP contribution in [0.1, 0.15) is 18.9 Å². The minimum Gasteiger partial charge on any atom is -0.369 e. The van der Waals surface area contributed by atoms with Crippen LogP contribution in [0.4, 0.5) is 5.69 Å². The first-order valence-electron chi connectivity index (χ1n) is 9.30. The number of carbonyl (C=O) groups excluding carboxylic acids is 2. The monoisotopic (exact) mass is 388 g/mol. The number of rotatable bonds is 5. The van der Waals surface area contributed by atoms with Gasteiger partial charge in [-0.3, -0.25) is 24.0 Å². The number of anilines is 1. The molecule has 1 atom stereocenters. The molecule has 3 heterocycles. The zero-order chi connectivity index (χ0) is 20.0. The van der Waals surface area contributed by atoms with Crippen molar-refractivity contribution in [1.29, 1.82) is 0 Å². The number of aryl methyl sites for hydroxylation is 1. The summed E-state index contributed by atoms with van der Waals surface area (Å²) in [6, 6.07) is 5.02. The maximum Gasteiger partial charge on any atom is 0.329 e. The maximum absolute atomic E-state index is 13.0. The van der Waals surface area contributed by atoms with E-state index in [-0.39, 0.29) is 30.2 Å². The van der Waals surface area contributed by atoms with E-state index in [1.165, 1.54) is 4.57 Å². The maximum atomic E-state index is 13.0. The number of aromatic nitrogens is 2. The van der Waals surface area contributed by atoms with E-state index in [0.717, 1.165) is 24.3 Å². The van der Waals surface area contributed by atoms with Crippen molar-refractivity contribution < 1.29 is 19.1 Å². The van der Waals surface area contributed by atoms with E-state index in [2.05, 4.69) is 10.2 Å². The lowest BCUT2D eigenvalue weighted by molar-refractivity contribution is -0.142. The van der Waals surface area contributed by atoms with Crippen LogP contribution in [-0.4, -0.2) is 54.5 Å². The van der Waals surface area contributed by atoms with E-state index in [1.807, 2.05) is 18.2 Å². The number of ether oxygens (including phenoxy) is 2. The summed E-state index contributed by atoms with van der Waals surface area (Å²) in [6.45, 7) is 1.51. The molecule has 2 aromatic rings. The van der Waals surface area contributed by atoms with Crippen molar-refractivity contribution in [2.75, 3.05) is 32.2 Å². The summed E-state index contributed by atoms with van der Waals surface area (Å²) >= 11 is 0. The van der Waals surface area contributed by atoms with Gasteiger partial charge in [-0.05, 0) is 18.6 Å². The van der Waals surface area contributed by atoms with Crippen LogP contribution >= 0.6 is 0 Å². The Morgan fingerprint density at radius 1 is 1.14 bits per heavy atom. The van der Waals surface area contributed by atoms with Crippen molar-refractivity contribution in [3.05, 3.63) is 28.7 Å². The van der Waals surface area contributed by atoms with E-state index in [4.69, 9.17) is 9.47 Å². The predicted molar refractivity (Wildman–Crippen MR) is 102 cm³/mol. The molecule has 0 spiro atoms. The minimum absolute atomic E-state index is 0.224. The summed E-state index contributed by atoms with van der Waals surface area (Å²) in [5.41, 5.74) is 2.14. The fourth-order valence-corrected chi connectivity index (χ4v) is 4.27. The van der Waals surface area contributed by atoms with Crippen molar-refractivity contribution in [2.45, 2.75) is 25.2 Å². The molecule has 2 fully saturated rings. The van der Waals surface area contributed by atoms with Crippen LogP contribution in [0.3, 0.4) is 0 Å². The van der Waals surface area contributed by atoms with E-state index < -0.39 is 11.9 Å². The van der Waals surface area contributed by atoms with Gasteiger partial charge in [0.15, 0.2) is 6.29 Å². The number of hydrogen-bond acceptors (Lipinski definition) is 6. The van der Waals surface area contributed by atoms with Gasteiger partial charge in [-0.1, -0.05) is 6.07 Å². The third-order valence-corrected chi connectivity index (χ3v) is 5.70. The van der Waals surface area contributed by atoms with Gasteiger partial charge in [-0.2, -0.15) is 0 Å². The first-order chi connectivity index (χ1) is 13.5. The first kappa shape index (κ1) is 18.7. The number of imide groups is 1. The van der Waals surface area contributed by atoms with Gasteiger partial charge < -0.3 is 14.4 Å². The summed E-state index contributed by atoms with van der Waals surface area (Å²) in [6.07, 6.45) is 0.290. The average molecular weight is 388 g/mol. The molecule has 1 aromatic heterocycles. The molecule has 2 amide bonds. The summed E-state index contributed by atoms with van der Waals surface area (Å²) < 4.78 is 13.8. The zero-order valence-corrected chi connectivity index (χ0v) is 16.2. The Morgan fingerprint density at radius 2 is 1.86 bits per heavy atom. The van der Waals surface area contributed by atoms with Gasteiger partial charge in [0.1, 0.15) is 6.04 Å². The largest absolute Gasteiger partial charge is 0.369 e. The number of hydrogen-bond donors (Lipinski definition) is 1. The number of piperidine rings is 1. The molecule has 0 bridgehead atoms. The van der Waals surface area contributed by atoms with Crippen molar-refractivity contribution in [3.63, 3.8) is 0 Å². The number of benzene rings is 1. The molecule has 2 aliphatic heterocycles. The standard InChI is InChI=1S/C19H24N4O5/c1-21-16-12(22-9-11(10-22)18(27-2)28-3)5-4-6-13(16)23(19(21)26)14-7-8-15(24)20-17(14)25/h4-6,11,14,18H,7-10H2,1-3H3,(H,20,24,25). The lowest BCUT2D eigenvalue weighted by Crippen LogP contribution is -2.53. The molecule has 28 heavy (non-hydrogen) atoms. The fourth-order valence-electron chi connectivity index (χ4n) is 4.27. The van der Waals surface area contributed by atoms with Gasteiger partial charge in [-0.15, -0.1) is 0 Å². The number of methoxy groups -OCH3 is 2. The lowest BCUT2D eigenvalue weighted by atomic mass is 9.98. The third kappa shape index (κ3) is 2.82. The fraction of sp³-hybridized carbons (Fsp3) is 0.526. The Morgan fingerprint density at radius 3 is 2.50 bits per heavy atom. The molecule has 2 saturated heterocycles. The number of nitrogens with one attached hydrogen (secondary N) is 1. The SMILES string of the molecule is COC(OC)C1CN(c2cccc3c2n(C)c(=O)n3C2CCC(=O)NC2=O)C1. The molecular formula is C19H24N4O5. The quantitative estimate of drug-likeness (QED) is 0.588. The Labute approximate surface area is 161 Å². The van der Waals surface area contributed by atoms with E-state index in [0.29, 0.717) is 11.9 Å². The molecule has 1 unspecified atom stereocenters. The van der Waals surface area contributed by atoms with Gasteiger partial charge >= 0.3 is 5.69 Å². The van der Waals surface area contributed by atoms with Gasteiger partial charge in [0.2, 0.25) is 11.8 Å². The minimum atomic E-state index is -0.681. The highest BCUT2D eigenvalue weighted by molar-refractivity contribution is 6.00. The molecule has 9 nitrogen and oxygen atoms in total. The highest BCUT2D eigenvalue weighted by Gasteiger charge is 2.36. The Kier molecular flexibility index (Phi) is 4.72. The van der Waals surface area contributed by atoms with Crippen LogP contribution in [0.15, 0.2) is 23.0 Å². The van der Waals surface area contributed by atoms with E-state index >= 15 is 0 Å². The Balaban J connectivity index is 1.71. The van der Waals surface area contributed by atoms with E-state index in [9.17, 15) is 14.4 Å². The molecule has 2 aliphatic rings. The highest BCUT2D eigenvalue weighted by Crippen LogP contribution is 2.34. The second-order valence-electron chi connectivity index (χ2n) is 7.33. The topological polar surface area (TPSA) is 94.8 Å². The van der Waals surface area contributed by atoms with Gasteiger partial charge in [-0.25, -0.2) is 4.79 Å². The summed E-state index contributed by atoms with van der Waals surface area (Å²) in [5.74, 6) is -0.476. The van der Waals surface area contributed by atoms with Crippen molar-refractivity contribution >= 4 is 28.5 Å². The molecular weight excluding hydrogens is 364 g/mol. The second kappa shape index (κ2) is 7.06. The van der Waals surface area contributed by atoms with Gasteiger partial charge in [0, 0.05) is 46.7 Å². The second-order valence-corrected chi connectivity index (χ2v) is 7.33. The number of para-hydroxylation sites is 1. The molecule has 150 valence electrons. The Hall–Kier alpha value is -2.65. The number of carbonyl (C=O) groups is 2. The zero-order valence-electron chi connectivity index (χ0n) is 16.2. The van der Waals surface area contributed by atoms with Crippen LogP contribution in [0.2, 0.25) is 0 Å². The Bertz CT molecular complexity index is 984. The van der Waals surface area contributed by atoms with Gasteiger partial charge in [0.05, 0.1) is 16.7 Å². The van der Waals surface area contributed by atoms with Crippen LogP contribution in [0.5, 0.6) is 0 Å². The van der Waals surface area contributed by atoms with Crippen LogP contribution in [0.25, 0.3) is 11.0 Å². The third-order valence-electron chi connectivity index (χ3n) is 5.70. The summed E-state index contributed by atoms with van der Waals surface area (Å²) in [5, 5.41) is 2.33. The molecule has 9 heteroatoms. The number of fused-ring (bicyclic) bond motifs is 1. The van der Waals surface area contributed by atoms with Crippen molar-refractivity contribution in [1.82, 2.24) is 14.5 Å². The number of imidazole rings is 1. The molecule has 4 rings (SSSR count). The predicted octanol–water partition coefficient (Wildman–Crippen LogP) is 0.373. The normalized spacial score (nSPS) is 20.7. The smallest absolute Gasteiger partial charge is 0.329 e. The molecule has 0 saturated carbocycles. The number of amides is 2. The summed E-state index contributed by atoms with van der Waals surface area (Å²) in [4.78, 5) is 39.0. The molecule has 1 aromatic carbocycles. The van der Waals surface area contributed by atoms with Gasteiger partial charge in [0.25, 0.3) is 0 Å². The van der Waals surface area contributed by atoms with Crippen LogP contribution in [-0.2, 0) is 26.1 Å². The molecule has 0 aliphatic carbocycles. The van der Waals surface area contributed by atoms with E-state index in [1.54, 1.807) is 25.8 Å². The first-order valence-corrected chi connectivity index (χ1v) is 9.30. The molecule has 1 N–H and O–H groups in total. The molecule has 0 radical (unpaired) electrons.